The standard InChI is InChI=1S/C19H21NO3S/c1-23-19(22)18-15-11-13-24-16(15)10-12-20(18)17(21)9-5-8-14-6-3-2-4-7-14/h2-4,6-7,11,13,18H,5,8-10,12H2,1H3. The minimum atomic E-state index is -0.589. The molecule has 0 saturated carbocycles. The molecule has 0 aliphatic carbocycles. The van der Waals surface area contributed by atoms with Gasteiger partial charge in [-0.3, -0.25) is 4.79 Å². The lowest BCUT2D eigenvalue weighted by molar-refractivity contribution is -0.153. The fourth-order valence-corrected chi connectivity index (χ4v) is 4.09. The van der Waals surface area contributed by atoms with Crippen molar-refractivity contribution in [2.45, 2.75) is 31.7 Å². The van der Waals surface area contributed by atoms with Gasteiger partial charge in [0, 0.05) is 17.8 Å². The predicted molar refractivity (Wildman–Crippen MR) is 93.9 cm³/mol. The van der Waals surface area contributed by atoms with Crippen LogP contribution in [0.5, 0.6) is 0 Å². The third kappa shape index (κ3) is 3.51. The number of benzene rings is 1. The van der Waals surface area contributed by atoms with E-state index < -0.39 is 6.04 Å². The van der Waals surface area contributed by atoms with Crippen molar-refractivity contribution in [3.63, 3.8) is 0 Å². The lowest BCUT2D eigenvalue weighted by atomic mass is 9.99. The van der Waals surface area contributed by atoms with Gasteiger partial charge in [-0.05, 0) is 41.8 Å². The summed E-state index contributed by atoms with van der Waals surface area (Å²) in [4.78, 5) is 27.8. The first-order chi connectivity index (χ1) is 11.7. The van der Waals surface area contributed by atoms with Crippen molar-refractivity contribution >= 4 is 23.2 Å². The molecule has 1 aliphatic rings. The number of rotatable bonds is 5. The van der Waals surface area contributed by atoms with Crippen LogP contribution in [-0.2, 0) is 27.2 Å². The first-order valence-electron chi connectivity index (χ1n) is 8.18. The Morgan fingerprint density at radius 1 is 1.25 bits per heavy atom. The highest BCUT2D eigenvalue weighted by molar-refractivity contribution is 7.10. The maximum atomic E-state index is 12.7. The Balaban J connectivity index is 1.66. The third-order valence-electron chi connectivity index (χ3n) is 4.41. The molecular formula is C19H21NO3S. The summed E-state index contributed by atoms with van der Waals surface area (Å²) in [6.07, 6.45) is 2.91. The molecule has 1 aliphatic heterocycles. The van der Waals surface area contributed by atoms with E-state index in [2.05, 4.69) is 12.1 Å². The van der Waals surface area contributed by atoms with Crippen molar-refractivity contribution in [2.75, 3.05) is 13.7 Å². The third-order valence-corrected chi connectivity index (χ3v) is 5.41. The van der Waals surface area contributed by atoms with E-state index in [1.165, 1.54) is 17.6 Å². The van der Waals surface area contributed by atoms with E-state index in [0.29, 0.717) is 13.0 Å². The normalized spacial score (nSPS) is 16.5. The summed E-state index contributed by atoms with van der Waals surface area (Å²) in [6.45, 7) is 0.581. The predicted octanol–water partition coefficient (Wildman–Crippen LogP) is 3.37. The van der Waals surface area contributed by atoms with Gasteiger partial charge >= 0.3 is 5.97 Å². The van der Waals surface area contributed by atoms with Crippen molar-refractivity contribution in [3.8, 4) is 0 Å². The van der Waals surface area contributed by atoms with Crippen LogP contribution in [0.4, 0.5) is 0 Å². The molecule has 0 N–H and O–H groups in total. The molecule has 1 aromatic heterocycles. The minimum Gasteiger partial charge on any atom is -0.467 e. The summed E-state index contributed by atoms with van der Waals surface area (Å²) in [5, 5.41) is 1.98. The van der Waals surface area contributed by atoms with Gasteiger partial charge in [-0.15, -0.1) is 11.3 Å². The number of hydrogen-bond acceptors (Lipinski definition) is 4. The fourth-order valence-electron chi connectivity index (χ4n) is 3.18. The molecule has 4 nitrogen and oxygen atoms in total. The number of carbonyl (C=O) groups is 2. The second-order valence-corrected chi connectivity index (χ2v) is 6.90. The number of ether oxygens (including phenoxy) is 1. The summed E-state index contributed by atoms with van der Waals surface area (Å²) in [5.74, 6) is -0.330. The van der Waals surface area contributed by atoms with E-state index in [9.17, 15) is 9.59 Å². The van der Waals surface area contributed by atoms with Gasteiger partial charge < -0.3 is 9.64 Å². The van der Waals surface area contributed by atoms with Gasteiger partial charge in [0.2, 0.25) is 5.91 Å². The van der Waals surface area contributed by atoms with Crippen molar-refractivity contribution in [2.24, 2.45) is 0 Å². The smallest absolute Gasteiger partial charge is 0.333 e. The Morgan fingerprint density at radius 3 is 2.79 bits per heavy atom. The molecule has 1 aromatic carbocycles. The lowest BCUT2D eigenvalue weighted by Crippen LogP contribution is -2.43. The number of fused-ring (bicyclic) bond motifs is 1. The molecule has 24 heavy (non-hydrogen) atoms. The zero-order valence-electron chi connectivity index (χ0n) is 13.7. The number of amides is 1. The van der Waals surface area contributed by atoms with Crippen LogP contribution < -0.4 is 0 Å². The molecule has 3 rings (SSSR count). The van der Waals surface area contributed by atoms with Gasteiger partial charge in [0.1, 0.15) is 0 Å². The minimum absolute atomic E-state index is 0.0261. The molecule has 0 fully saturated rings. The average Bonchev–Trinajstić information content (AvgIpc) is 3.09. The van der Waals surface area contributed by atoms with E-state index >= 15 is 0 Å². The van der Waals surface area contributed by atoms with Crippen molar-refractivity contribution in [1.29, 1.82) is 0 Å². The van der Waals surface area contributed by atoms with Crippen LogP contribution in [0.3, 0.4) is 0 Å². The summed E-state index contributed by atoms with van der Waals surface area (Å²) >= 11 is 1.64. The van der Waals surface area contributed by atoms with Crippen LogP contribution in [0.1, 0.15) is 34.9 Å². The van der Waals surface area contributed by atoms with Gasteiger partial charge in [0.25, 0.3) is 0 Å². The van der Waals surface area contributed by atoms with E-state index in [4.69, 9.17) is 4.74 Å². The van der Waals surface area contributed by atoms with E-state index in [-0.39, 0.29) is 11.9 Å². The van der Waals surface area contributed by atoms with E-state index in [1.807, 2.05) is 29.6 Å². The zero-order chi connectivity index (χ0) is 16.9. The Bertz CT molecular complexity index is 710. The number of methoxy groups -OCH3 is 1. The first-order valence-corrected chi connectivity index (χ1v) is 9.06. The Kier molecular flexibility index (Phi) is 5.30. The maximum absolute atomic E-state index is 12.7. The second-order valence-electron chi connectivity index (χ2n) is 5.90. The molecule has 0 spiro atoms. The molecular weight excluding hydrogens is 322 g/mol. The Morgan fingerprint density at radius 2 is 2.04 bits per heavy atom. The zero-order valence-corrected chi connectivity index (χ0v) is 14.6. The number of aryl methyl sites for hydroxylation is 1. The van der Waals surface area contributed by atoms with Crippen LogP contribution in [0.2, 0.25) is 0 Å². The van der Waals surface area contributed by atoms with Crippen LogP contribution in [-0.4, -0.2) is 30.4 Å². The first kappa shape index (κ1) is 16.7. The topological polar surface area (TPSA) is 46.6 Å². The molecule has 2 aromatic rings. The van der Waals surface area contributed by atoms with E-state index in [1.54, 1.807) is 16.2 Å². The van der Waals surface area contributed by atoms with Crippen molar-refractivity contribution < 1.29 is 14.3 Å². The maximum Gasteiger partial charge on any atom is 0.333 e. The number of carbonyl (C=O) groups excluding carboxylic acids is 2. The van der Waals surface area contributed by atoms with Crippen LogP contribution in [0, 0.1) is 0 Å². The van der Waals surface area contributed by atoms with Crippen LogP contribution >= 0.6 is 11.3 Å². The molecule has 0 bridgehead atoms. The van der Waals surface area contributed by atoms with Gasteiger partial charge in [0.15, 0.2) is 6.04 Å². The second kappa shape index (κ2) is 7.62. The van der Waals surface area contributed by atoms with Gasteiger partial charge in [0.05, 0.1) is 7.11 Å². The Hall–Kier alpha value is -2.14. The molecule has 2 heterocycles. The molecule has 1 amide bonds. The van der Waals surface area contributed by atoms with Crippen LogP contribution in [0.25, 0.3) is 0 Å². The number of thiophene rings is 1. The van der Waals surface area contributed by atoms with E-state index in [0.717, 1.165) is 24.8 Å². The Labute approximate surface area is 146 Å². The number of hydrogen-bond donors (Lipinski definition) is 0. The molecule has 0 radical (unpaired) electrons. The van der Waals surface area contributed by atoms with Crippen molar-refractivity contribution in [1.82, 2.24) is 4.90 Å². The highest BCUT2D eigenvalue weighted by Gasteiger charge is 2.36. The van der Waals surface area contributed by atoms with Crippen molar-refractivity contribution in [3.05, 3.63) is 57.8 Å². The highest BCUT2D eigenvalue weighted by atomic mass is 32.1. The number of nitrogens with zero attached hydrogens (tertiary/aromatic N) is 1. The number of esters is 1. The molecule has 0 saturated heterocycles. The molecule has 126 valence electrons. The average molecular weight is 343 g/mol. The summed E-state index contributed by atoms with van der Waals surface area (Å²) in [5.41, 5.74) is 2.16. The highest BCUT2D eigenvalue weighted by Crippen LogP contribution is 2.34. The largest absolute Gasteiger partial charge is 0.467 e. The summed E-state index contributed by atoms with van der Waals surface area (Å²) < 4.78 is 4.94. The quantitative estimate of drug-likeness (QED) is 0.782. The molecule has 1 atom stereocenters. The van der Waals surface area contributed by atoms with Gasteiger partial charge in [-0.2, -0.15) is 0 Å². The van der Waals surface area contributed by atoms with Gasteiger partial charge in [-0.1, -0.05) is 30.3 Å². The fraction of sp³-hybridized carbons (Fsp3) is 0.368. The lowest BCUT2D eigenvalue weighted by Gasteiger charge is -2.34. The van der Waals surface area contributed by atoms with Gasteiger partial charge in [-0.25, -0.2) is 4.79 Å². The van der Waals surface area contributed by atoms with Crippen LogP contribution in [0.15, 0.2) is 41.8 Å². The SMILES string of the molecule is COC(=O)C1c2ccsc2CCN1C(=O)CCCc1ccccc1. The monoisotopic (exact) mass is 343 g/mol. The summed E-state index contributed by atoms with van der Waals surface area (Å²) in [6, 6.07) is 11.5. The molecule has 5 heteroatoms. The molecule has 1 unspecified atom stereocenters. The summed E-state index contributed by atoms with van der Waals surface area (Å²) in [7, 11) is 1.38.